The third-order valence-corrected chi connectivity index (χ3v) is 5.62. The van der Waals surface area contributed by atoms with E-state index in [-0.39, 0.29) is 11.7 Å². The van der Waals surface area contributed by atoms with Gasteiger partial charge in [-0.15, -0.1) is 0 Å². The van der Waals surface area contributed by atoms with Crippen LogP contribution in [0, 0.1) is 0 Å². The SMILES string of the molecule is O=C(CSC1=NCCS1)Nc1ccccc1C(=O)c1ccccc1. The first-order valence-corrected chi connectivity index (χ1v) is 9.50. The maximum atomic E-state index is 12.6. The van der Waals surface area contributed by atoms with Crippen molar-refractivity contribution >= 4 is 45.3 Å². The normalized spacial score (nSPS) is 13.4. The Balaban J connectivity index is 1.69. The molecular formula is C18H16N2O2S2. The summed E-state index contributed by atoms with van der Waals surface area (Å²) in [5.41, 5.74) is 1.64. The molecule has 3 rings (SSSR count). The van der Waals surface area contributed by atoms with Crippen LogP contribution in [-0.2, 0) is 4.79 Å². The minimum Gasteiger partial charge on any atom is -0.325 e. The molecule has 0 atom stereocenters. The number of nitrogens with one attached hydrogen (secondary N) is 1. The van der Waals surface area contributed by atoms with E-state index in [0.717, 1.165) is 16.7 Å². The average Bonchev–Trinajstić information content (AvgIpc) is 3.14. The molecule has 24 heavy (non-hydrogen) atoms. The lowest BCUT2D eigenvalue weighted by Gasteiger charge is -2.10. The quantitative estimate of drug-likeness (QED) is 0.830. The van der Waals surface area contributed by atoms with Crippen molar-refractivity contribution in [3.05, 3.63) is 65.7 Å². The molecule has 6 heteroatoms. The molecule has 0 spiro atoms. The number of carbonyl (C=O) groups is 2. The molecule has 1 aliphatic rings. The van der Waals surface area contributed by atoms with E-state index in [1.165, 1.54) is 11.8 Å². The second-order valence-electron chi connectivity index (χ2n) is 5.07. The summed E-state index contributed by atoms with van der Waals surface area (Å²) < 4.78 is 0.957. The van der Waals surface area contributed by atoms with Crippen molar-refractivity contribution in [2.24, 2.45) is 4.99 Å². The van der Waals surface area contributed by atoms with Gasteiger partial charge in [0.1, 0.15) is 4.38 Å². The zero-order chi connectivity index (χ0) is 16.8. The van der Waals surface area contributed by atoms with E-state index in [4.69, 9.17) is 0 Å². The van der Waals surface area contributed by atoms with Gasteiger partial charge in [-0.2, -0.15) is 0 Å². The molecule has 1 amide bonds. The highest BCUT2D eigenvalue weighted by atomic mass is 32.2. The van der Waals surface area contributed by atoms with E-state index in [9.17, 15) is 9.59 Å². The first kappa shape index (κ1) is 16.8. The number of benzene rings is 2. The molecule has 0 bridgehead atoms. The van der Waals surface area contributed by atoms with Crippen molar-refractivity contribution in [3.8, 4) is 0 Å². The smallest absolute Gasteiger partial charge is 0.234 e. The lowest BCUT2D eigenvalue weighted by Crippen LogP contribution is -2.17. The van der Waals surface area contributed by atoms with Gasteiger partial charge in [0, 0.05) is 16.9 Å². The number of hydrogen-bond donors (Lipinski definition) is 1. The van der Waals surface area contributed by atoms with Crippen molar-refractivity contribution in [3.63, 3.8) is 0 Å². The zero-order valence-electron chi connectivity index (χ0n) is 12.9. The average molecular weight is 356 g/mol. The molecule has 1 heterocycles. The number of hydrogen-bond acceptors (Lipinski definition) is 5. The molecule has 2 aromatic carbocycles. The van der Waals surface area contributed by atoms with Crippen molar-refractivity contribution < 1.29 is 9.59 Å². The van der Waals surface area contributed by atoms with E-state index in [1.807, 2.05) is 18.2 Å². The number of thioether (sulfide) groups is 2. The molecule has 0 unspecified atom stereocenters. The van der Waals surface area contributed by atoms with Gasteiger partial charge >= 0.3 is 0 Å². The molecular weight excluding hydrogens is 340 g/mol. The Kier molecular flexibility index (Phi) is 5.72. The first-order chi connectivity index (χ1) is 11.7. The summed E-state index contributed by atoms with van der Waals surface area (Å²) in [5, 5.41) is 2.84. The number of amides is 1. The van der Waals surface area contributed by atoms with Crippen LogP contribution in [-0.4, -0.2) is 34.1 Å². The second-order valence-corrected chi connectivity index (χ2v) is 7.38. The van der Waals surface area contributed by atoms with Crippen LogP contribution in [0.5, 0.6) is 0 Å². The maximum Gasteiger partial charge on any atom is 0.234 e. The highest BCUT2D eigenvalue weighted by Gasteiger charge is 2.16. The zero-order valence-corrected chi connectivity index (χ0v) is 14.5. The Morgan fingerprint density at radius 2 is 1.83 bits per heavy atom. The summed E-state index contributed by atoms with van der Waals surface area (Å²) >= 11 is 3.11. The molecule has 0 saturated carbocycles. The Labute approximate surface area is 149 Å². The van der Waals surface area contributed by atoms with Crippen LogP contribution < -0.4 is 5.32 Å². The lowest BCUT2D eigenvalue weighted by atomic mass is 10.0. The van der Waals surface area contributed by atoms with Crippen LogP contribution in [0.3, 0.4) is 0 Å². The number of carbonyl (C=O) groups excluding carboxylic acids is 2. The van der Waals surface area contributed by atoms with E-state index in [1.54, 1.807) is 48.2 Å². The molecule has 122 valence electrons. The monoisotopic (exact) mass is 356 g/mol. The largest absolute Gasteiger partial charge is 0.325 e. The van der Waals surface area contributed by atoms with Crippen LogP contribution in [0.1, 0.15) is 15.9 Å². The minimum absolute atomic E-state index is 0.102. The Bertz CT molecular complexity index is 776. The van der Waals surface area contributed by atoms with Crippen LogP contribution in [0.2, 0.25) is 0 Å². The number of anilines is 1. The number of rotatable bonds is 5. The van der Waals surface area contributed by atoms with Gasteiger partial charge in [0.05, 0.1) is 18.0 Å². The third-order valence-electron chi connectivity index (χ3n) is 3.37. The Morgan fingerprint density at radius 3 is 2.58 bits per heavy atom. The highest BCUT2D eigenvalue weighted by Crippen LogP contribution is 2.23. The molecule has 0 saturated heterocycles. The van der Waals surface area contributed by atoms with Crippen molar-refractivity contribution in [1.29, 1.82) is 0 Å². The number of ketones is 1. The van der Waals surface area contributed by atoms with Gasteiger partial charge in [0.25, 0.3) is 0 Å². The summed E-state index contributed by atoms with van der Waals surface area (Å²) in [7, 11) is 0. The van der Waals surface area contributed by atoms with Crippen molar-refractivity contribution in [2.75, 3.05) is 23.4 Å². The molecule has 1 N–H and O–H groups in total. The van der Waals surface area contributed by atoms with Crippen LogP contribution in [0.15, 0.2) is 59.6 Å². The maximum absolute atomic E-state index is 12.6. The standard InChI is InChI=1S/C18H16N2O2S2/c21-16(12-24-18-19-10-11-23-18)20-15-9-5-4-8-14(15)17(22)13-6-2-1-3-7-13/h1-9H,10-12H2,(H,20,21). The molecule has 1 aliphatic heterocycles. The summed E-state index contributed by atoms with van der Waals surface area (Å²) in [4.78, 5) is 29.1. The third kappa shape index (κ3) is 4.27. The molecule has 0 aliphatic carbocycles. The van der Waals surface area contributed by atoms with Gasteiger partial charge < -0.3 is 5.32 Å². The highest BCUT2D eigenvalue weighted by molar-refractivity contribution is 8.39. The van der Waals surface area contributed by atoms with Crippen LogP contribution in [0.4, 0.5) is 5.69 Å². The summed E-state index contributed by atoms with van der Waals surface area (Å²) in [6.07, 6.45) is 0. The fraction of sp³-hybridized carbons (Fsp3) is 0.167. The van der Waals surface area contributed by atoms with E-state index < -0.39 is 0 Å². The fourth-order valence-corrected chi connectivity index (χ4v) is 4.06. The Morgan fingerprint density at radius 1 is 1.08 bits per heavy atom. The van der Waals surface area contributed by atoms with Gasteiger partial charge in [-0.25, -0.2) is 0 Å². The van der Waals surface area contributed by atoms with Gasteiger partial charge in [-0.05, 0) is 12.1 Å². The summed E-state index contributed by atoms with van der Waals surface area (Å²) in [5.74, 6) is 1.04. The first-order valence-electron chi connectivity index (χ1n) is 7.53. The number of nitrogens with zero attached hydrogens (tertiary/aromatic N) is 1. The molecule has 0 aromatic heterocycles. The van der Waals surface area contributed by atoms with E-state index in [2.05, 4.69) is 10.3 Å². The second kappa shape index (κ2) is 8.17. The van der Waals surface area contributed by atoms with Gasteiger partial charge in [-0.3, -0.25) is 14.6 Å². The topological polar surface area (TPSA) is 58.5 Å². The van der Waals surface area contributed by atoms with E-state index in [0.29, 0.717) is 22.6 Å². The molecule has 2 aromatic rings. The number of para-hydroxylation sites is 1. The predicted molar refractivity (Wildman–Crippen MR) is 102 cm³/mol. The Hall–Kier alpha value is -2.05. The van der Waals surface area contributed by atoms with E-state index >= 15 is 0 Å². The summed E-state index contributed by atoms with van der Waals surface area (Å²) in [6.45, 7) is 0.822. The molecule has 0 radical (unpaired) electrons. The van der Waals surface area contributed by atoms with Gasteiger partial charge in [0.15, 0.2) is 5.78 Å². The minimum atomic E-state index is -0.136. The number of aliphatic imine (C=N–C) groups is 1. The molecule has 4 nitrogen and oxygen atoms in total. The van der Waals surface area contributed by atoms with Gasteiger partial charge in [0.2, 0.25) is 5.91 Å². The van der Waals surface area contributed by atoms with Crippen LogP contribution >= 0.6 is 23.5 Å². The fourth-order valence-electron chi connectivity index (χ4n) is 2.25. The molecule has 0 fully saturated rings. The van der Waals surface area contributed by atoms with Crippen molar-refractivity contribution in [1.82, 2.24) is 0 Å². The summed E-state index contributed by atoms with van der Waals surface area (Å²) in [6, 6.07) is 16.1. The van der Waals surface area contributed by atoms with Crippen molar-refractivity contribution in [2.45, 2.75) is 0 Å². The predicted octanol–water partition coefficient (Wildman–Crippen LogP) is 3.69. The van der Waals surface area contributed by atoms with Crippen LogP contribution in [0.25, 0.3) is 0 Å². The van der Waals surface area contributed by atoms with Gasteiger partial charge in [-0.1, -0.05) is 66.0 Å². The lowest BCUT2D eigenvalue weighted by molar-refractivity contribution is -0.113.